The SMILES string of the molecule is COc1ccc(C(=O)O)cc1OC.O=C1CCC(=O)N1. The fourth-order valence-electron chi connectivity index (χ4n) is 1.48. The van der Waals surface area contributed by atoms with E-state index in [1.165, 1.54) is 26.4 Å². The van der Waals surface area contributed by atoms with Gasteiger partial charge in [-0.05, 0) is 18.2 Å². The van der Waals surface area contributed by atoms with Crippen molar-refractivity contribution in [2.45, 2.75) is 12.8 Å². The third kappa shape index (κ3) is 4.27. The van der Waals surface area contributed by atoms with Crippen molar-refractivity contribution < 1.29 is 29.0 Å². The maximum Gasteiger partial charge on any atom is 0.335 e. The van der Waals surface area contributed by atoms with E-state index in [9.17, 15) is 14.4 Å². The van der Waals surface area contributed by atoms with Crippen molar-refractivity contribution in [2.75, 3.05) is 14.2 Å². The van der Waals surface area contributed by atoms with Crippen LogP contribution >= 0.6 is 0 Å². The molecule has 0 aliphatic carbocycles. The normalized spacial score (nSPS) is 13.1. The zero-order valence-electron chi connectivity index (χ0n) is 11.1. The van der Waals surface area contributed by atoms with Crippen LogP contribution in [-0.2, 0) is 9.59 Å². The molecule has 0 radical (unpaired) electrons. The summed E-state index contributed by atoms with van der Waals surface area (Å²) < 4.78 is 9.89. The van der Waals surface area contributed by atoms with Crippen LogP contribution in [0.2, 0.25) is 0 Å². The predicted octanol–water partition coefficient (Wildman–Crippen LogP) is 0.825. The summed E-state index contributed by atoms with van der Waals surface area (Å²) in [6.07, 6.45) is 0.748. The second-order valence-electron chi connectivity index (χ2n) is 3.85. The monoisotopic (exact) mass is 281 g/mol. The molecule has 0 bridgehead atoms. The van der Waals surface area contributed by atoms with Crippen LogP contribution in [0.25, 0.3) is 0 Å². The van der Waals surface area contributed by atoms with Crippen molar-refractivity contribution in [3.05, 3.63) is 23.8 Å². The Morgan fingerprint density at radius 3 is 2.00 bits per heavy atom. The van der Waals surface area contributed by atoms with E-state index in [-0.39, 0.29) is 17.4 Å². The van der Waals surface area contributed by atoms with Gasteiger partial charge < -0.3 is 14.6 Å². The van der Waals surface area contributed by atoms with Crippen molar-refractivity contribution in [1.82, 2.24) is 5.32 Å². The first-order valence-electron chi connectivity index (χ1n) is 5.76. The number of rotatable bonds is 3. The molecule has 1 saturated heterocycles. The molecule has 7 heteroatoms. The standard InChI is InChI=1S/C9H10O4.C4H5NO2/c1-12-7-4-3-6(9(10)11)5-8(7)13-2;6-3-1-2-4(7)5-3/h3-5H,1-2H3,(H,10,11);1-2H2,(H,5,6,7). The minimum Gasteiger partial charge on any atom is -0.493 e. The maximum absolute atomic E-state index is 10.6. The smallest absolute Gasteiger partial charge is 0.335 e. The Labute approximate surface area is 115 Å². The van der Waals surface area contributed by atoms with Crippen LogP contribution in [-0.4, -0.2) is 37.1 Å². The summed E-state index contributed by atoms with van der Waals surface area (Å²) in [4.78, 5) is 30.8. The molecule has 0 saturated carbocycles. The van der Waals surface area contributed by atoms with E-state index in [1.54, 1.807) is 6.07 Å². The van der Waals surface area contributed by atoms with Gasteiger partial charge >= 0.3 is 5.97 Å². The van der Waals surface area contributed by atoms with Crippen LogP contribution in [0.1, 0.15) is 23.2 Å². The number of carboxylic acids is 1. The van der Waals surface area contributed by atoms with Crippen LogP contribution in [0.5, 0.6) is 11.5 Å². The first-order chi connectivity index (χ1) is 9.47. The molecule has 1 heterocycles. The summed E-state index contributed by atoms with van der Waals surface area (Å²) in [7, 11) is 2.96. The molecular weight excluding hydrogens is 266 g/mol. The summed E-state index contributed by atoms with van der Waals surface area (Å²) in [5.74, 6) is -0.342. The molecule has 1 aliphatic heterocycles. The van der Waals surface area contributed by atoms with Crippen LogP contribution in [0.4, 0.5) is 0 Å². The number of carbonyl (C=O) groups excluding carboxylic acids is 2. The van der Waals surface area contributed by atoms with Crippen LogP contribution in [0.15, 0.2) is 18.2 Å². The van der Waals surface area contributed by atoms with E-state index in [4.69, 9.17) is 14.6 Å². The number of carboxylic acid groups (broad SMARTS) is 1. The summed E-state index contributed by atoms with van der Waals surface area (Å²) >= 11 is 0. The van der Waals surface area contributed by atoms with E-state index in [0.29, 0.717) is 24.3 Å². The molecule has 20 heavy (non-hydrogen) atoms. The van der Waals surface area contributed by atoms with Gasteiger partial charge in [0.2, 0.25) is 11.8 Å². The number of amides is 2. The molecule has 1 aromatic carbocycles. The first kappa shape index (κ1) is 15.5. The highest BCUT2D eigenvalue weighted by Gasteiger charge is 2.15. The molecule has 2 rings (SSSR count). The van der Waals surface area contributed by atoms with Gasteiger partial charge in [0.05, 0.1) is 19.8 Å². The Bertz CT molecular complexity index is 512. The molecule has 0 atom stereocenters. The number of aromatic carboxylic acids is 1. The van der Waals surface area contributed by atoms with E-state index in [2.05, 4.69) is 5.32 Å². The molecule has 1 fully saturated rings. The second-order valence-corrected chi connectivity index (χ2v) is 3.85. The average molecular weight is 281 g/mol. The summed E-state index contributed by atoms with van der Waals surface area (Å²) in [5, 5.41) is 10.8. The third-order valence-electron chi connectivity index (χ3n) is 2.49. The van der Waals surface area contributed by atoms with E-state index in [1.807, 2.05) is 0 Å². The van der Waals surface area contributed by atoms with Gasteiger partial charge in [-0.25, -0.2) is 4.79 Å². The molecular formula is C13H15NO6. The van der Waals surface area contributed by atoms with Crippen LogP contribution < -0.4 is 14.8 Å². The molecule has 0 unspecified atom stereocenters. The molecule has 1 aromatic rings. The Morgan fingerprint density at radius 2 is 1.65 bits per heavy atom. The summed E-state index contributed by atoms with van der Waals surface area (Å²) in [6.45, 7) is 0. The van der Waals surface area contributed by atoms with Gasteiger partial charge in [-0.2, -0.15) is 0 Å². The molecule has 2 amide bonds. The number of ether oxygens (including phenoxy) is 2. The van der Waals surface area contributed by atoms with Crippen molar-refractivity contribution in [1.29, 1.82) is 0 Å². The lowest BCUT2D eigenvalue weighted by Gasteiger charge is -2.07. The van der Waals surface area contributed by atoms with E-state index < -0.39 is 5.97 Å². The quantitative estimate of drug-likeness (QED) is 0.795. The summed E-state index contributed by atoms with van der Waals surface area (Å²) in [6, 6.07) is 4.44. The lowest BCUT2D eigenvalue weighted by molar-refractivity contribution is -0.124. The molecule has 0 spiro atoms. The van der Waals surface area contributed by atoms with Gasteiger partial charge in [-0.15, -0.1) is 0 Å². The highest BCUT2D eigenvalue weighted by molar-refractivity contribution is 6.01. The zero-order chi connectivity index (χ0) is 15.1. The van der Waals surface area contributed by atoms with Gasteiger partial charge in [0.25, 0.3) is 0 Å². The fraction of sp³-hybridized carbons (Fsp3) is 0.308. The molecule has 7 nitrogen and oxygen atoms in total. The van der Waals surface area contributed by atoms with E-state index in [0.717, 1.165) is 0 Å². The first-order valence-corrected chi connectivity index (χ1v) is 5.76. The molecule has 108 valence electrons. The van der Waals surface area contributed by atoms with Crippen molar-refractivity contribution in [2.24, 2.45) is 0 Å². The van der Waals surface area contributed by atoms with Gasteiger partial charge in [-0.3, -0.25) is 14.9 Å². The Kier molecular flexibility index (Phi) is 5.52. The number of benzene rings is 1. The lowest BCUT2D eigenvalue weighted by atomic mass is 10.2. The highest BCUT2D eigenvalue weighted by atomic mass is 16.5. The predicted molar refractivity (Wildman–Crippen MR) is 68.9 cm³/mol. The fourth-order valence-corrected chi connectivity index (χ4v) is 1.48. The number of imide groups is 1. The Balaban J connectivity index is 0.000000240. The largest absolute Gasteiger partial charge is 0.493 e. The minimum absolute atomic E-state index is 0.148. The summed E-state index contributed by atoms with van der Waals surface area (Å²) in [5.41, 5.74) is 0.178. The number of hydrogen-bond donors (Lipinski definition) is 2. The number of carbonyl (C=O) groups is 3. The zero-order valence-corrected chi connectivity index (χ0v) is 11.1. The average Bonchev–Trinajstić information content (AvgIpc) is 2.82. The van der Waals surface area contributed by atoms with Crippen molar-refractivity contribution in [3.63, 3.8) is 0 Å². The van der Waals surface area contributed by atoms with Crippen LogP contribution in [0.3, 0.4) is 0 Å². The van der Waals surface area contributed by atoms with Crippen molar-refractivity contribution in [3.8, 4) is 11.5 Å². The minimum atomic E-state index is -0.985. The topological polar surface area (TPSA) is 102 Å². The van der Waals surface area contributed by atoms with Gasteiger partial charge in [0, 0.05) is 12.8 Å². The number of methoxy groups -OCH3 is 2. The Hall–Kier alpha value is -2.57. The maximum atomic E-state index is 10.6. The van der Waals surface area contributed by atoms with Crippen molar-refractivity contribution >= 4 is 17.8 Å². The van der Waals surface area contributed by atoms with Crippen LogP contribution in [0, 0.1) is 0 Å². The highest BCUT2D eigenvalue weighted by Crippen LogP contribution is 2.27. The number of nitrogens with one attached hydrogen (secondary N) is 1. The third-order valence-corrected chi connectivity index (χ3v) is 2.49. The number of hydrogen-bond acceptors (Lipinski definition) is 5. The molecule has 2 N–H and O–H groups in total. The Morgan fingerprint density at radius 1 is 1.10 bits per heavy atom. The molecule has 1 aliphatic rings. The van der Waals surface area contributed by atoms with Gasteiger partial charge in [0.15, 0.2) is 11.5 Å². The van der Waals surface area contributed by atoms with Gasteiger partial charge in [-0.1, -0.05) is 0 Å². The van der Waals surface area contributed by atoms with Gasteiger partial charge in [0.1, 0.15) is 0 Å². The van der Waals surface area contributed by atoms with E-state index >= 15 is 0 Å². The second kappa shape index (κ2) is 7.13. The lowest BCUT2D eigenvalue weighted by Crippen LogP contribution is -2.18. The molecule has 0 aromatic heterocycles.